The zero-order valence-corrected chi connectivity index (χ0v) is 35.1. The molecule has 3 heterocycles. The Morgan fingerprint density at radius 3 is 1.91 bits per heavy atom. The van der Waals surface area contributed by atoms with Gasteiger partial charge in [-0.15, -0.1) is 0 Å². The molecule has 1 aliphatic carbocycles. The molecule has 0 saturated carbocycles. The van der Waals surface area contributed by atoms with Gasteiger partial charge in [0.25, 0.3) is 0 Å². The molecule has 0 N–H and O–H groups in total. The fourth-order valence-corrected chi connectivity index (χ4v) is 10.4. The van der Waals surface area contributed by atoms with Crippen LogP contribution in [0.1, 0.15) is 83.2 Å². The second-order valence-corrected chi connectivity index (χ2v) is 19.5. The maximum Gasteiger partial charge on any atom is 0.333 e. The highest BCUT2D eigenvalue weighted by Crippen LogP contribution is 2.58. The van der Waals surface area contributed by atoms with Crippen LogP contribution in [0.3, 0.4) is 0 Å². The summed E-state index contributed by atoms with van der Waals surface area (Å²) in [5.41, 5.74) is 22.3. The standard InChI is InChI=1S/C54H49BN2O/c1-32-18-27-44-43(28-32)55-51-46(56(44)35-23-19-33(20-24-35)52(2,3)4)30-40-37-14-10-12-16-42(37)54(8,9)50(40)49(51)41-29-39-38-15-11-13-17-47(38)58-48(39)31-45(41)57(55)36-25-21-34(22-26-36)53(5,6)7/h10-31H,1-9H3. The molecule has 3 aliphatic rings. The van der Waals surface area contributed by atoms with Crippen LogP contribution in [0.4, 0.5) is 28.4 Å². The van der Waals surface area contributed by atoms with Gasteiger partial charge in [-0.1, -0.05) is 140 Å². The zero-order chi connectivity index (χ0) is 40.0. The highest BCUT2D eigenvalue weighted by atomic mass is 16.3. The van der Waals surface area contributed by atoms with E-state index in [-0.39, 0.29) is 23.1 Å². The van der Waals surface area contributed by atoms with Gasteiger partial charge in [0.05, 0.1) is 0 Å². The largest absolute Gasteiger partial charge is 0.456 e. The van der Waals surface area contributed by atoms with Crippen LogP contribution >= 0.6 is 0 Å². The van der Waals surface area contributed by atoms with Crippen molar-refractivity contribution in [2.75, 3.05) is 9.71 Å². The Morgan fingerprint density at radius 1 is 0.552 bits per heavy atom. The molecule has 4 heteroatoms. The number of hydrogen-bond donors (Lipinski definition) is 0. The van der Waals surface area contributed by atoms with Crippen molar-refractivity contribution in [3.63, 3.8) is 0 Å². The Balaban J connectivity index is 1.31. The summed E-state index contributed by atoms with van der Waals surface area (Å²) in [6.07, 6.45) is 0. The first-order valence-electron chi connectivity index (χ1n) is 20.9. The smallest absolute Gasteiger partial charge is 0.333 e. The molecule has 3 nitrogen and oxygen atoms in total. The van der Waals surface area contributed by atoms with Crippen LogP contribution in [0.15, 0.2) is 138 Å². The number of anilines is 5. The summed E-state index contributed by atoms with van der Waals surface area (Å²) in [6, 6.07) is 50.7. The third-order valence-electron chi connectivity index (χ3n) is 13.4. The third-order valence-corrected chi connectivity index (χ3v) is 13.4. The molecule has 284 valence electrons. The van der Waals surface area contributed by atoms with Gasteiger partial charge in [0, 0.05) is 56.3 Å². The Bertz CT molecular complexity index is 3010. The lowest BCUT2D eigenvalue weighted by Gasteiger charge is -2.47. The Morgan fingerprint density at radius 2 is 1.21 bits per heavy atom. The molecular weight excluding hydrogens is 703 g/mol. The van der Waals surface area contributed by atoms with E-state index in [1.807, 2.05) is 0 Å². The van der Waals surface area contributed by atoms with E-state index in [2.05, 4.69) is 205 Å². The minimum absolute atomic E-state index is 0.0390. The lowest BCUT2D eigenvalue weighted by molar-refractivity contribution is 0.590. The fraction of sp³-hybridized carbons (Fsp3) is 0.222. The van der Waals surface area contributed by atoms with Gasteiger partial charge in [0.1, 0.15) is 11.2 Å². The molecule has 0 atom stereocenters. The molecule has 8 aromatic rings. The molecule has 11 rings (SSSR count). The molecule has 1 aromatic heterocycles. The molecular formula is C54H49BN2O. The molecule has 2 aliphatic heterocycles. The molecule has 7 aromatic carbocycles. The van der Waals surface area contributed by atoms with E-state index in [0.29, 0.717) is 0 Å². The van der Waals surface area contributed by atoms with E-state index < -0.39 is 0 Å². The van der Waals surface area contributed by atoms with Gasteiger partial charge in [-0.05, 0) is 116 Å². The van der Waals surface area contributed by atoms with E-state index in [4.69, 9.17) is 4.42 Å². The molecule has 0 unspecified atom stereocenters. The molecule has 0 amide bonds. The Labute approximate surface area is 343 Å². The molecule has 0 radical (unpaired) electrons. The van der Waals surface area contributed by atoms with Crippen LogP contribution < -0.4 is 20.6 Å². The predicted molar refractivity (Wildman–Crippen MR) is 247 cm³/mol. The summed E-state index contributed by atoms with van der Waals surface area (Å²) in [4.78, 5) is 5.18. The number of para-hydroxylation sites is 1. The number of hydrogen-bond acceptors (Lipinski definition) is 3. The second-order valence-electron chi connectivity index (χ2n) is 19.5. The molecule has 58 heavy (non-hydrogen) atoms. The van der Waals surface area contributed by atoms with Crippen molar-refractivity contribution in [2.45, 2.75) is 78.6 Å². The van der Waals surface area contributed by atoms with Crippen LogP contribution in [-0.2, 0) is 16.2 Å². The number of rotatable bonds is 2. The van der Waals surface area contributed by atoms with Gasteiger partial charge in [0.15, 0.2) is 0 Å². The third kappa shape index (κ3) is 4.87. The average molecular weight is 753 g/mol. The van der Waals surface area contributed by atoms with E-state index >= 15 is 0 Å². The maximum atomic E-state index is 6.71. The van der Waals surface area contributed by atoms with E-state index in [1.54, 1.807) is 0 Å². The predicted octanol–water partition coefficient (Wildman–Crippen LogP) is 13.5. The van der Waals surface area contributed by atoms with Gasteiger partial charge in [0.2, 0.25) is 0 Å². The summed E-state index contributed by atoms with van der Waals surface area (Å²) in [6.45, 7) is 20.8. The summed E-state index contributed by atoms with van der Waals surface area (Å²) in [5, 5.41) is 2.30. The van der Waals surface area contributed by atoms with Crippen molar-refractivity contribution >= 4 is 68.1 Å². The first-order chi connectivity index (χ1) is 27.7. The van der Waals surface area contributed by atoms with Crippen molar-refractivity contribution < 1.29 is 4.42 Å². The highest BCUT2D eigenvalue weighted by molar-refractivity contribution is 6.93. The zero-order valence-electron chi connectivity index (χ0n) is 35.1. The first-order valence-corrected chi connectivity index (χ1v) is 20.9. The lowest BCUT2D eigenvalue weighted by atomic mass is 9.42. The van der Waals surface area contributed by atoms with Crippen LogP contribution in [0, 0.1) is 6.92 Å². The molecule has 0 saturated heterocycles. The first kappa shape index (κ1) is 35.2. The molecule has 0 fully saturated rings. The van der Waals surface area contributed by atoms with E-state index in [9.17, 15) is 0 Å². The Kier molecular flexibility index (Phi) is 7.15. The van der Waals surface area contributed by atoms with Crippen LogP contribution in [0.25, 0.3) is 44.2 Å². The van der Waals surface area contributed by atoms with E-state index in [1.165, 1.54) is 89.4 Å². The molecule has 0 bridgehead atoms. The average Bonchev–Trinajstić information content (AvgIpc) is 3.67. The number of aryl methyl sites for hydroxylation is 1. The summed E-state index contributed by atoms with van der Waals surface area (Å²) >= 11 is 0. The number of benzene rings is 7. The minimum atomic E-state index is -0.228. The van der Waals surface area contributed by atoms with Crippen molar-refractivity contribution in [2.24, 2.45) is 0 Å². The fourth-order valence-electron chi connectivity index (χ4n) is 10.4. The maximum absolute atomic E-state index is 6.71. The number of fused-ring (bicyclic) bond motifs is 11. The van der Waals surface area contributed by atoms with Gasteiger partial charge in [-0.3, -0.25) is 0 Å². The van der Waals surface area contributed by atoms with Crippen LogP contribution in [0.5, 0.6) is 0 Å². The number of nitrogens with zero attached hydrogens (tertiary/aromatic N) is 2. The number of furan rings is 1. The molecule has 0 spiro atoms. The van der Waals surface area contributed by atoms with Crippen LogP contribution in [-0.4, -0.2) is 6.85 Å². The van der Waals surface area contributed by atoms with Gasteiger partial charge in [-0.2, -0.15) is 0 Å². The van der Waals surface area contributed by atoms with Gasteiger partial charge >= 0.3 is 6.85 Å². The van der Waals surface area contributed by atoms with Gasteiger partial charge in [-0.25, -0.2) is 0 Å². The van der Waals surface area contributed by atoms with Crippen molar-refractivity contribution in [3.05, 3.63) is 161 Å². The summed E-state index contributed by atoms with van der Waals surface area (Å²) < 4.78 is 6.71. The van der Waals surface area contributed by atoms with Crippen molar-refractivity contribution in [1.29, 1.82) is 0 Å². The van der Waals surface area contributed by atoms with Crippen molar-refractivity contribution in [3.8, 4) is 22.3 Å². The normalized spacial score (nSPS) is 15.0. The summed E-state index contributed by atoms with van der Waals surface area (Å²) in [7, 11) is 0. The minimum Gasteiger partial charge on any atom is -0.456 e. The van der Waals surface area contributed by atoms with Gasteiger partial charge < -0.3 is 14.1 Å². The SMILES string of the molecule is Cc1ccc2c(c1)B1c3c(cc4c(c3-c3cc5c(cc3N1c1ccc(C(C)(C)C)cc1)oc1ccccc15)C(C)(C)c1ccccc1-4)N2c1ccc(C(C)(C)C)cc1. The van der Waals surface area contributed by atoms with Crippen molar-refractivity contribution in [1.82, 2.24) is 0 Å². The highest BCUT2D eigenvalue weighted by Gasteiger charge is 2.50. The second kappa shape index (κ2) is 11.8. The van der Waals surface area contributed by atoms with E-state index in [0.717, 1.165) is 21.9 Å². The monoisotopic (exact) mass is 752 g/mol. The topological polar surface area (TPSA) is 19.6 Å². The quantitative estimate of drug-likeness (QED) is 0.164. The van der Waals surface area contributed by atoms with Crippen LogP contribution in [0.2, 0.25) is 0 Å². The Hall–Kier alpha value is -6.00. The summed E-state index contributed by atoms with van der Waals surface area (Å²) in [5.74, 6) is 0. The lowest BCUT2D eigenvalue weighted by Crippen LogP contribution is -2.62.